The van der Waals surface area contributed by atoms with E-state index in [0.717, 1.165) is 23.5 Å². The van der Waals surface area contributed by atoms with Crippen molar-refractivity contribution in [2.24, 2.45) is 0 Å². The van der Waals surface area contributed by atoms with Crippen LogP contribution in [0, 0.1) is 0 Å². The molecule has 0 aliphatic heterocycles. The van der Waals surface area contributed by atoms with Gasteiger partial charge in [0.1, 0.15) is 5.60 Å². The lowest BCUT2D eigenvalue weighted by molar-refractivity contribution is 0.123. The van der Waals surface area contributed by atoms with Crippen LogP contribution in [0.5, 0.6) is 11.6 Å². The van der Waals surface area contributed by atoms with Gasteiger partial charge in [0, 0.05) is 6.07 Å². The Hall–Kier alpha value is -0.900. The maximum atomic E-state index is 5.79. The minimum Gasteiger partial charge on any atom is -0.488 e. The number of thioether (sulfide) groups is 1. The van der Waals surface area contributed by atoms with Gasteiger partial charge in [0.25, 0.3) is 0 Å². The van der Waals surface area contributed by atoms with Gasteiger partial charge in [-0.1, -0.05) is 0 Å². The van der Waals surface area contributed by atoms with Crippen LogP contribution in [0.2, 0.25) is 0 Å². The molecule has 0 atom stereocenters. The Labute approximate surface area is 107 Å². The van der Waals surface area contributed by atoms with Crippen LogP contribution in [0.15, 0.2) is 17.2 Å². The second kappa shape index (κ2) is 4.77. The van der Waals surface area contributed by atoms with Crippen molar-refractivity contribution in [2.75, 3.05) is 6.26 Å². The summed E-state index contributed by atoms with van der Waals surface area (Å²) < 4.78 is 11.5. The second-order valence-electron chi connectivity index (χ2n) is 5.21. The van der Waals surface area contributed by atoms with Gasteiger partial charge in [-0.2, -0.15) is 0 Å². The first-order valence-corrected chi connectivity index (χ1v) is 7.10. The first-order valence-electron chi connectivity index (χ1n) is 5.87. The van der Waals surface area contributed by atoms with Crippen LogP contribution < -0.4 is 9.47 Å². The summed E-state index contributed by atoms with van der Waals surface area (Å²) in [6, 6.07) is 1.95. The van der Waals surface area contributed by atoms with E-state index in [9.17, 15) is 0 Å². The molecule has 0 aromatic carbocycles. The molecule has 1 saturated carbocycles. The molecule has 0 bridgehead atoms. The number of ether oxygens (including phenoxy) is 2. The van der Waals surface area contributed by atoms with Gasteiger partial charge in [-0.05, 0) is 39.9 Å². The molecule has 1 aromatic heterocycles. The zero-order valence-corrected chi connectivity index (χ0v) is 11.6. The lowest BCUT2D eigenvalue weighted by Gasteiger charge is -2.21. The number of aromatic nitrogens is 1. The molecule has 17 heavy (non-hydrogen) atoms. The number of hydrogen-bond acceptors (Lipinski definition) is 4. The topological polar surface area (TPSA) is 31.4 Å². The maximum Gasteiger partial charge on any atom is 0.215 e. The van der Waals surface area contributed by atoms with Crippen LogP contribution >= 0.6 is 11.8 Å². The fourth-order valence-electron chi connectivity index (χ4n) is 1.39. The van der Waals surface area contributed by atoms with E-state index < -0.39 is 0 Å². The fourth-order valence-corrected chi connectivity index (χ4v) is 1.91. The average Bonchev–Trinajstić information content (AvgIpc) is 3.02. The van der Waals surface area contributed by atoms with E-state index in [1.54, 1.807) is 18.0 Å². The van der Waals surface area contributed by atoms with E-state index in [1.807, 2.05) is 33.1 Å². The van der Waals surface area contributed by atoms with E-state index >= 15 is 0 Å². The molecule has 1 aliphatic rings. The Morgan fingerprint density at radius 1 is 1.35 bits per heavy atom. The highest BCUT2D eigenvalue weighted by molar-refractivity contribution is 7.98. The van der Waals surface area contributed by atoms with E-state index in [4.69, 9.17) is 9.47 Å². The minimum absolute atomic E-state index is 0.221. The quantitative estimate of drug-likeness (QED) is 0.768. The molecule has 1 aliphatic carbocycles. The van der Waals surface area contributed by atoms with Crippen molar-refractivity contribution in [3.05, 3.63) is 12.3 Å². The highest BCUT2D eigenvalue weighted by Gasteiger charge is 2.25. The van der Waals surface area contributed by atoms with E-state index in [1.165, 1.54) is 0 Å². The Balaban J connectivity index is 2.14. The van der Waals surface area contributed by atoms with Crippen LogP contribution in [0.25, 0.3) is 0 Å². The summed E-state index contributed by atoms with van der Waals surface area (Å²) >= 11 is 1.66. The third-order valence-corrected chi connectivity index (χ3v) is 3.01. The second-order valence-corrected chi connectivity index (χ2v) is 6.05. The molecule has 1 heterocycles. The molecule has 1 aromatic rings. The first-order chi connectivity index (χ1) is 7.98. The van der Waals surface area contributed by atoms with E-state index in [-0.39, 0.29) is 5.60 Å². The largest absolute Gasteiger partial charge is 0.488 e. The molecule has 3 nitrogen and oxygen atoms in total. The fraction of sp³-hybridized carbons (Fsp3) is 0.615. The molecule has 1 fully saturated rings. The Morgan fingerprint density at radius 2 is 2.06 bits per heavy atom. The lowest BCUT2D eigenvalue weighted by atomic mass is 10.2. The predicted octanol–water partition coefficient (Wildman–Crippen LogP) is 3.52. The lowest BCUT2D eigenvalue weighted by Crippen LogP contribution is -2.23. The van der Waals surface area contributed by atoms with Crippen LogP contribution in [0.4, 0.5) is 0 Å². The minimum atomic E-state index is -0.221. The van der Waals surface area contributed by atoms with Crippen LogP contribution in [-0.4, -0.2) is 22.9 Å². The van der Waals surface area contributed by atoms with Crippen molar-refractivity contribution >= 4 is 11.8 Å². The van der Waals surface area contributed by atoms with Crippen LogP contribution in [0.3, 0.4) is 0 Å². The third-order valence-electron chi connectivity index (χ3n) is 2.26. The molecule has 4 heteroatoms. The van der Waals surface area contributed by atoms with Crippen molar-refractivity contribution in [2.45, 2.75) is 50.2 Å². The first kappa shape index (κ1) is 12.6. The summed E-state index contributed by atoms with van der Waals surface area (Å²) in [5, 5.41) is 0. The van der Waals surface area contributed by atoms with Gasteiger partial charge in [-0.3, -0.25) is 0 Å². The normalized spacial score (nSPS) is 15.8. The summed E-state index contributed by atoms with van der Waals surface area (Å²) in [6.07, 6.45) is 6.53. The highest BCUT2D eigenvalue weighted by Crippen LogP contribution is 2.35. The van der Waals surface area contributed by atoms with Crippen molar-refractivity contribution < 1.29 is 9.47 Å². The SMILES string of the molecule is CSc1cc(OC(C)(C)C)ncc1OC1CC1. The van der Waals surface area contributed by atoms with Crippen molar-refractivity contribution in [1.29, 1.82) is 0 Å². The number of hydrogen-bond donors (Lipinski definition) is 0. The van der Waals surface area contributed by atoms with Crippen molar-refractivity contribution in [3.8, 4) is 11.6 Å². The molecule has 0 spiro atoms. The third kappa shape index (κ3) is 3.80. The van der Waals surface area contributed by atoms with Gasteiger partial charge in [0.2, 0.25) is 5.88 Å². The molecule has 0 radical (unpaired) electrons. The van der Waals surface area contributed by atoms with Crippen molar-refractivity contribution in [3.63, 3.8) is 0 Å². The van der Waals surface area contributed by atoms with E-state index in [0.29, 0.717) is 12.0 Å². The van der Waals surface area contributed by atoms with Crippen LogP contribution in [-0.2, 0) is 0 Å². The molecule has 0 amide bonds. The molecular weight excluding hydrogens is 234 g/mol. The summed E-state index contributed by atoms with van der Waals surface area (Å²) in [6.45, 7) is 6.05. The standard InChI is InChI=1S/C13H19NO2S/c1-13(2,3)16-12-7-11(17-4)10(8-14-12)15-9-5-6-9/h7-9H,5-6H2,1-4H3. The van der Waals surface area contributed by atoms with Gasteiger partial charge in [0.15, 0.2) is 5.75 Å². The molecule has 0 saturated heterocycles. The molecule has 94 valence electrons. The van der Waals surface area contributed by atoms with Gasteiger partial charge in [0.05, 0.1) is 17.2 Å². The van der Waals surface area contributed by atoms with Gasteiger partial charge >= 0.3 is 0 Å². The monoisotopic (exact) mass is 253 g/mol. The van der Waals surface area contributed by atoms with Gasteiger partial charge in [-0.15, -0.1) is 11.8 Å². The summed E-state index contributed by atoms with van der Waals surface area (Å²) in [7, 11) is 0. The predicted molar refractivity (Wildman–Crippen MR) is 70.0 cm³/mol. The average molecular weight is 253 g/mol. The highest BCUT2D eigenvalue weighted by atomic mass is 32.2. The number of nitrogens with zero attached hydrogens (tertiary/aromatic N) is 1. The Kier molecular flexibility index (Phi) is 3.52. The Bertz CT molecular complexity index is 397. The summed E-state index contributed by atoms with van der Waals surface area (Å²) in [5.74, 6) is 1.53. The molecule has 2 rings (SSSR count). The molecular formula is C13H19NO2S. The van der Waals surface area contributed by atoms with Crippen molar-refractivity contribution in [1.82, 2.24) is 4.98 Å². The zero-order chi connectivity index (χ0) is 12.5. The zero-order valence-electron chi connectivity index (χ0n) is 10.8. The molecule has 0 N–H and O–H groups in total. The summed E-state index contributed by atoms with van der Waals surface area (Å²) in [4.78, 5) is 5.38. The van der Waals surface area contributed by atoms with Crippen LogP contribution in [0.1, 0.15) is 33.6 Å². The summed E-state index contributed by atoms with van der Waals surface area (Å²) in [5.41, 5.74) is -0.221. The number of rotatable bonds is 4. The Morgan fingerprint density at radius 3 is 2.59 bits per heavy atom. The van der Waals surface area contributed by atoms with E-state index in [2.05, 4.69) is 4.98 Å². The van der Waals surface area contributed by atoms with Gasteiger partial charge in [-0.25, -0.2) is 4.98 Å². The molecule has 0 unspecified atom stereocenters. The smallest absolute Gasteiger partial charge is 0.215 e. The van der Waals surface area contributed by atoms with Gasteiger partial charge < -0.3 is 9.47 Å². The number of pyridine rings is 1. The maximum absolute atomic E-state index is 5.79.